The molecule has 22 heavy (non-hydrogen) atoms. The average molecular weight is 306 g/mol. The van der Waals surface area contributed by atoms with Crippen LogP contribution in [0.1, 0.15) is 84.0 Å². The monoisotopic (exact) mass is 306 g/mol. The Hall–Kier alpha value is -1.31. The summed E-state index contributed by atoms with van der Waals surface area (Å²) in [5.41, 5.74) is 0. The molecule has 0 amide bonds. The predicted molar refractivity (Wildman–Crippen MR) is 96.1 cm³/mol. The molecule has 126 valence electrons. The van der Waals surface area contributed by atoms with Gasteiger partial charge in [-0.2, -0.15) is 0 Å². The second-order valence-electron chi connectivity index (χ2n) is 5.68. The van der Waals surface area contributed by atoms with E-state index >= 15 is 0 Å². The summed E-state index contributed by atoms with van der Waals surface area (Å²) in [6.45, 7) is 2.17. The van der Waals surface area contributed by atoms with Crippen LogP contribution < -0.4 is 0 Å². The third-order valence-corrected chi connectivity index (χ3v) is 3.49. The van der Waals surface area contributed by atoms with Gasteiger partial charge in [0.15, 0.2) is 0 Å². The molecular weight excluding hydrogens is 272 g/mol. The molecule has 0 aromatic rings. The minimum atomic E-state index is -0.675. The molecule has 0 fully saturated rings. The highest BCUT2D eigenvalue weighted by Crippen LogP contribution is 2.07. The van der Waals surface area contributed by atoms with Crippen molar-refractivity contribution >= 4 is 5.97 Å². The van der Waals surface area contributed by atoms with Crippen molar-refractivity contribution in [3.05, 3.63) is 36.5 Å². The lowest BCUT2D eigenvalue weighted by Crippen LogP contribution is -1.93. The molecule has 0 aromatic carbocycles. The fourth-order valence-electron chi connectivity index (χ4n) is 2.19. The molecular formula is C20H34O2. The van der Waals surface area contributed by atoms with Gasteiger partial charge in [0.1, 0.15) is 0 Å². The maximum Gasteiger partial charge on any atom is 0.303 e. The molecule has 0 atom stereocenters. The van der Waals surface area contributed by atoms with Gasteiger partial charge in [0.25, 0.3) is 0 Å². The second-order valence-corrected chi connectivity index (χ2v) is 5.68. The largest absolute Gasteiger partial charge is 0.481 e. The number of aliphatic carboxylic acids is 1. The lowest BCUT2D eigenvalue weighted by atomic mass is 10.1. The number of carboxylic acid groups (broad SMARTS) is 1. The number of unbranched alkanes of at least 4 members (excludes halogenated alkanes) is 7. The quantitative estimate of drug-likeness (QED) is 0.279. The van der Waals surface area contributed by atoms with Crippen LogP contribution in [0.4, 0.5) is 0 Å². The van der Waals surface area contributed by atoms with Gasteiger partial charge in [-0.25, -0.2) is 0 Å². The third-order valence-electron chi connectivity index (χ3n) is 3.49. The fourth-order valence-corrected chi connectivity index (χ4v) is 2.19. The highest BCUT2D eigenvalue weighted by molar-refractivity contribution is 5.66. The first-order chi connectivity index (χ1) is 10.8. The Morgan fingerprint density at radius 1 is 0.682 bits per heavy atom. The van der Waals surface area contributed by atoms with Crippen molar-refractivity contribution in [2.75, 3.05) is 0 Å². The van der Waals surface area contributed by atoms with E-state index in [1.807, 2.05) is 0 Å². The number of allylic oxidation sites excluding steroid dienone is 6. The van der Waals surface area contributed by atoms with Crippen LogP contribution in [0.3, 0.4) is 0 Å². The number of carboxylic acids is 1. The average Bonchev–Trinajstić information content (AvgIpc) is 2.50. The Labute approximate surface area is 137 Å². The van der Waals surface area contributed by atoms with E-state index in [1.54, 1.807) is 0 Å². The Kier molecular flexibility index (Phi) is 16.7. The van der Waals surface area contributed by atoms with Gasteiger partial charge in [-0.05, 0) is 57.8 Å². The van der Waals surface area contributed by atoms with Crippen molar-refractivity contribution in [2.24, 2.45) is 0 Å². The lowest BCUT2D eigenvalue weighted by molar-refractivity contribution is -0.137. The van der Waals surface area contributed by atoms with Crippen LogP contribution in [-0.2, 0) is 4.79 Å². The van der Waals surface area contributed by atoms with E-state index in [1.165, 1.54) is 25.7 Å². The molecule has 0 spiro atoms. The van der Waals surface area contributed by atoms with E-state index in [0.29, 0.717) is 6.42 Å². The summed E-state index contributed by atoms with van der Waals surface area (Å²) >= 11 is 0. The Morgan fingerprint density at radius 2 is 1.18 bits per heavy atom. The first kappa shape index (κ1) is 20.7. The van der Waals surface area contributed by atoms with Crippen molar-refractivity contribution in [3.63, 3.8) is 0 Å². The van der Waals surface area contributed by atoms with Gasteiger partial charge in [0.2, 0.25) is 0 Å². The molecule has 0 radical (unpaired) electrons. The summed E-state index contributed by atoms with van der Waals surface area (Å²) in [5.74, 6) is -0.675. The summed E-state index contributed by atoms with van der Waals surface area (Å²) in [5, 5.41) is 8.52. The summed E-state index contributed by atoms with van der Waals surface area (Å²) in [6, 6.07) is 0. The number of hydrogen-bond donors (Lipinski definition) is 1. The summed E-state index contributed by atoms with van der Waals surface area (Å²) < 4.78 is 0. The van der Waals surface area contributed by atoms with E-state index in [9.17, 15) is 4.79 Å². The van der Waals surface area contributed by atoms with Crippen molar-refractivity contribution in [3.8, 4) is 0 Å². The van der Waals surface area contributed by atoms with Crippen LogP contribution in [0.2, 0.25) is 0 Å². The summed E-state index contributed by atoms with van der Waals surface area (Å²) in [7, 11) is 0. The SMILES string of the molecule is CCC=CCCC=CCCCC=CCCCCCCC(=O)O. The zero-order chi connectivity index (χ0) is 16.3. The summed E-state index contributed by atoms with van der Waals surface area (Å²) in [4.78, 5) is 10.3. The predicted octanol–water partition coefficient (Wildman–Crippen LogP) is 6.44. The second kappa shape index (κ2) is 17.7. The number of hydrogen-bond acceptors (Lipinski definition) is 1. The van der Waals surface area contributed by atoms with Crippen LogP contribution in [0, 0.1) is 0 Å². The molecule has 0 saturated heterocycles. The van der Waals surface area contributed by atoms with Gasteiger partial charge >= 0.3 is 5.97 Å². The van der Waals surface area contributed by atoms with Gasteiger partial charge in [-0.1, -0.05) is 56.2 Å². The Morgan fingerprint density at radius 3 is 1.77 bits per heavy atom. The van der Waals surface area contributed by atoms with Crippen molar-refractivity contribution < 1.29 is 9.90 Å². The maximum atomic E-state index is 10.3. The molecule has 0 bridgehead atoms. The van der Waals surface area contributed by atoms with Crippen molar-refractivity contribution in [2.45, 2.75) is 84.0 Å². The van der Waals surface area contributed by atoms with E-state index in [0.717, 1.165) is 44.9 Å². The van der Waals surface area contributed by atoms with E-state index in [-0.39, 0.29) is 0 Å². The molecule has 2 nitrogen and oxygen atoms in total. The van der Waals surface area contributed by atoms with Crippen molar-refractivity contribution in [1.29, 1.82) is 0 Å². The van der Waals surface area contributed by atoms with E-state index < -0.39 is 5.97 Å². The molecule has 0 heterocycles. The molecule has 0 aliphatic rings. The first-order valence-electron chi connectivity index (χ1n) is 8.94. The molecule has 0 saturated carbocycles. The Bertz CT molecular complexity index is 327. The lowest BCUT2D eigenvalue weighted by Gasteiger charge is -1.97. The van der Waals surface area contributed by atoms with Crippen LogP contribution in [0.5, 0.6) is 0 Å². The zero-order valence-corrected chi connectivity index (χ0v) is 14.3. The van der Waals surface area contributed by atoms with E-state index in [4.69, 9.17) is 5.11 Å². The van der Waals surface area contributed by atoms with Crippen LogP contribution >= 0.6 is 0 Å². The maximum absolute atomic E-state index is 10.3. The van der Waals surface area contributed by atoms with Gasteiger partial charge in [0.05, 0.1) is 0 Å². The van der Waals surface area contributed by atoms with Crippen LogP contribution in [0.25, 0.3) is 0 Å². The highest BCUT2D eigenvalue weighted by Gasteiger charge is 1.95. The molecule has 0 aliphatic carbocycles. The topological polar surface area (TPSA) is 37.3 Å². The molecule has 1 N–H and O–H groups in total. The van der Waals surface area contributed by atoms with Crippen LogP contribution in [0.15, 0.2) is 36.5 Å². The third kappa shape index (κ3) is 18.7. The highest BCUT2D eigenvalue weighted by atomic mass is 16.4. The standard InChI is InChI=1S/C20H34O2/c1-2-3-4-5-6-7-8-9-10-11-12-13-14-15-16-17-18-19-20(21)22/h3-4,7-8,12-13H,2,5-6,9-11,14-19H2,1H3,(H,21,22). The number of carbonyl (C=O) groups is 1. The minimum Gasteiger partial charge on any atom is -0.481 e. The molecule has 0 rings (SSSR count). The molecule has 0 aromatic heterocycles. The van der Waals surface area contributed by atoms with Gasteiger partial charge in [0, 0.05) is 6.42 Å². The normalized spacial score (nSPS) is 12.0. The van der Waals surface area contributed by atoms with E-state index in [2.05, 4.69) is 43.4 Å². The molecule has 0 aliphatic heterocycles. The van der Waals surface area contributed by atoms with Gasteiger partial charge in [-0.3, -0.25) is 4.79 Å². The summed E-state index contributed by atoms with van der Waals surface area (Å²) in [6.07, 6.45) is 26.3. The first-order valence-corrected chi connectivity index (χ1v) is 8.94. The molecule has 2 heteroatoms. The van der Waals surface area contributed by atoms with Gasteiger partial charge in [-0.15, -0.1) is 0 Å². The fraction of sp³-hybridized carbons (Fsp3) is 0.650. The minimum absolute atomic E-state index is 0.318. The number of rotatable bonds is 15. The van der Waals surface area contributed by atoms with Crippen molar-refractivity contribution in [1.82, 2.24) is 0 Å². The smallest absolute Gasteiger partial charge is 0.303 e. The van der Waals surface area contributed by atoms with Gasteiger partial charge < -0.3 is 5.11 Å². The van der Waals surface area contributed by atoms with Crippen LogP contribution in [-0.4, -0.2) is 11.1 Å². The Balaban J connectivity index is 3.22. The molecule has 0 unspecified atom stereocenters. The zero-order valence-electron chi connectivity index (χ0n) is 14.3.